The Morgan fingerprint density at radius 1 is 1.14 bits per heavy atom. The van der Waals surface area contributed by atoms with Crippen LogP contribution < -0.4 is 0 Å². The van der Waals surface area contributed by atoms with Gasteiger partial charge in [0.15, 0.2) is 0 Å². The summed E-state index contributed by atoms with van der Waals surface area (Å²) < 4.78 is 11.6. The summed E-state index contributed by atoms with van der Waals surface area (Å²) in [5.74, 6) is 0.564. The lowest BCUT2D eigenvalue weighted by molar-refractivity contribution is 0.0151. The van der Waals surface area contributed by atoms with Crippen molar-refractivity contribution in [1.82, 2.24) is 0 Å². The second-order valence-corrected chi connectivity index (χ2v) is 6.09. The van der Waals surface area contributed by atoms with Crippen molar-refractivity contribution in [3.63, 3.8) is 0 Å². The van der Waals surface area contributed by atoms with Crippen molar-refractivity contribution in [3.8, 4) is 0 Å². The Bertz CT molecular complexity index is 189. The van der Waals surface area contributed by atoms with Crippen LogP contribution in [0.15, 0.2) is 0 Å². The monoisotopic (exact) mass is 198 g/mol. The van der Waals surface area contributed by atoms with Gasteiger partial charge in [-0.25, -0.2) is 0 Å². The molecule has 0 aromatic rings. The zero-order chi connectivity index (χ0) is 11.0. The summed E-state index contributed by atoms with van der Waals surface area (Å²) in [7, 11) is -0.0458. The lowest BCUT2D eigenvalue weighted by atomic mass is 9.53. The maximum atomic E-state index is 5.80. The molecule has 1 saturated heterocycles. The molecule has 82 valence electrons. The van der Waals surface area contributed by atoms with Crippen molar-refractivity contribution in [2.24, 2.45) is 11.3 Å². The number of hydrogen-bond donors (Lipinski definition) is 0. The topological polar surface area (TPSA) is 18.5 Å². The van der Waals surface area contributed by atoms with Crippen LogP contribution in [0.1, 0.15) is 41.5 Å². The van der Waals surface area contributed by atoms with Gasteiger partial charge in [-0.15, -0.1) is 0 Å². The van der Waals surface area contributed by atoms with E-state index in [0.717, 1.165) is 13.2 Å². The first-order valence-corrected chi connectivity index (χ1v) is 5.49. The third-order valence-electron chi connectivity index (χ3n) is 3.35. The first-order valence-electron chi connectivity index (χ1n) is 5.49. The molecule has 0 aromatic carbocycles. The smallest absolute Gasteiger partial charge is 0.410 e. The van der Waals surface area contributed by atoms with E-state index < -0.39 is 0 Å². The van der Waals surface area contributed by atoms with Crippen molar-refractivity contribution >= 4 is 7.12 Å². The first kappa shape index (κ1) is 12.1. The van der Waals surface area contributed by atoms with E-state index in [4.69, 9.17) is 9.31 Å². The lowest BCUT2D eigenvalue weighted by Crippen LogP contribution is -2.47. The molecular weight excluding hydrogens is 175 g/mol. The van der Waals surface area contributed by atoms with Gasteiger partial charge in [0.2, 0.25) is 0 Å². The van der Waals surface area contributed by atoms with E-state index in [-0.39, 0.29) is 17.8 Å². The highest BCUT2D eigenvalue weighted by atomic mass is 16.6. The summed E-state index contributed by atoms with van der Waals surface area (Å²) in [6.07, 6.45) is 0. The molecule has 0 N–H and O–H groups in total. The molecule has 0 atom stereocenters. The van der Waals surface area contributed by atoms with Crippen molar-refractivity contribution in [2.45, 2.75) is 46.9 Å². The van der Waals surface area contributed by atoms with E-state index in [2.05, 4.69) is 41.5 Å². The van der Waals surface area contributed by atoms with E-state index >= 15 is 0 Å². The summed E-state index contributed by atoms with van der Waals surface area (Å²) in [5, 5.41) is 0.0938. The molecule has 1 aliphatic heterocycles. The van der Waals surface area contributed by atoms with Crippen molar-refractivity contribution in [1.29, 1.82) is 0 Å². The molecule has 2 nitrogen and oxygen atoms in total. The Labute approximate surface area is 88.5 Å². The molecule has 0 aromatic heterocycles. The first-order chi connectivity index (χ1) is 6.26. The van der Waals surface area contributed by atoms with Gasteiger partial charge in [-0.1, -0.05) is 41.5 Å². The van der Waals surface area contributed by atoms with Crippen molar-refractivity contribution in [2.75, 3.05) is 13.2 Å². The average Bonchev–Trinajstić information content (AvgIpc) is 2.03. The second-order valence-electron chi connectivity index (χ2n) is 6.09. The molecule has 0 spiro atoms. The Kier molecular flexibility index (Phi) is 3.32. The van der Waals surface area contributed by atoms with Gasteiger partial charge >= 0.3 is 7.12 Å². The van der Waals surface area contributed by atoms with Crippen LogP contribution in [0.25, 0.3) is 0 Å². The molecule has 0 unspecified atom stereocenters. The van der Waals surface area contributed by atoms with Crippen LogP contribution >= 0.6 is 0 Å². The summed E-state index contributed by atoms with van der Waals surface area (Å²) in [6.45, 7) is 14.8. The highest BCUT2D eigenvalue weighted by Crippen LogP contribution is 2.40. The second kappa shape index (κ2) is 3.86. The molecule has 1 fully saturated rings. The summed E-state index contributed by atoms with van der Waals surface area (Å²) in [5.41, 5.74) is 0.170. The fourth-order valence-electron chi connectivity index (χ4n) is 1.39. The van der Waals surface area contributed by atoms with Crippen LogP contribution in [0.3, 0.4) is 0 Å². The van der Waals surface area contributed by atoms with E-state index in [1.807, 2.05) is 0 Å². The minimum atomic E-state index is -0.0458. The van der Waals surface area contributed by atoms with E-state index in [1.165, 1.54) is 0 Å². The molecule has 0 amide bonds. The van der Waals surface area contributed by atoms with Crippen LogP contribution in [-0.2, 0) is 9.31 Å². The van der Waals surface area contributed by atoms with Crippen LogP contribution in [0, 0.1) is 11.3 Å². The van der Waals surface area contributed by atoms with Crippen LogP contribution in [0.4, 0.5) is 0 Å². The van der Waals surface area contributed by atoms with Gasteiger partial charge < -0.3 is 9.31 Å². The fraction of sp³-hybridized carbons (Fsp3) is 1.00. The molecule has 14 heavy (non-hydrogen) atoms. The summed E-state index contributed by atoms with van der Waals surface area (Å²) >= 11 is 0. The zero-order valence-corrected chi connectivity index (χ0v) is 10.4. The zero-order valence-electron chi connectivity index (χ0n) is 10.4. The Hall–Kier alpha value is -0.0151. The minimum Gasteiger partial charge on any atom is -0.410 e. The van der Waals surface area contributed by atoms with Gasteiger partial charge in [0.1, 0.15) is 0 Å². The standard InChI is InChI=1S/C11H23BO2/c1-9(2)11(5,6)12-13-7-10(3,4)8-14-12/h9H,7-8H2,1-6H3. The fourth-order valence-corrected chi connectivity index (χ4v) is 1.39. The Balaban J connectivity index is 2.57. The van der Waals surface area contributed by atoms with Crippen molar-refractivity contribution in [3.05, 3.63) is 0 Å². The van der Waals surface area contributed by atoms with Crippen LogP contribution in [0.5, 0.6) is 0 Å². The van der Waals surface area contributed by atoms with Crippen LogP contribution in [0.2, 0.25) is 5.31 Å². The van der Waals surface area contributed by atoms with Crippen molar-refractivity contribution < 1.29 is 9.31 Å². The number of rotatable bonds is 2. The van der Waals surface area contributed by atoms with Crippen LogP contribution in [-0.4, -0.2) is 20.3 Å². The molecule has 1 heterocycles. The van der Waals surface area contributed by atoms with Gasteiger partial charge in [-0.2, -0.15) is 0 Å². The molecular formula is C11H23BO2. The number of hydrogen-bond acceptors (Lipinski definition) is 2. The van der Waals surface area contributed by atoms with Gasteiger partial charge in [0, 0.05) is 23.9 Å². The van der Waals surface area contributed by atoms with Gasteiger partial charge in [-0.3, -0.25) is 0 Å². The molecule has 0 bridgehead atoms. The maximum absolute atomic E-state index is 5.80. The van der Waals surface area contributed by atoms with E-state index in [1.54, 1.807) is 0 Å². The molecule has 0 radical (unpaired) electrons. The maximum Gasteiger partial charge on any atom is 0.463 e. The third-order valence-corrected chi connectivity index (χ3v) is 3.35. The van der Waals surface area contributed by atoms with E-state index in [9.17, 15) is 0 Å². The molecule has 1 aliphatic rings. The van der Waals surface area contributed by atoms with E-state index in [0.29, 0.717) is 5.92 Å². The molecule has 1 rings (SSSR count). The molecule has 0 aliphatic carbocycles. The predicted molar refractivity (Wildman–Crippen MR) is 60.3 cm³/mol. The SMILES string of the molecule is CC(C)C(C)(C)B1OCC(C)(C)CO1. The Morgan fingerprint density at radius 2 is 1.57 bits per heavy atom. The average molecular weight is 198 g/mol. The molecule has 0 saturated carbocycles. The third kappa shape index (κ3) is 2.51. The summed E-state index contributed by atoms with van der Waals surface area (Å²) in [6, 6.07) is 0. The van der Waals surface area contributed by atoms with Gasteiger partial charge in [0.25, 0.3) is 0 Å². The summed E-state index contributed by atoms with van der Waals surface area (Å²) in [4.78, 5) is 0. The highest BCUT2D eigenvalue weighted by molar-refractivity contribution is 6.48. The minimum absolute atomic E-state index is 0.0458. The molecule has 3 heteroatoms. The van der Waals surface area contributed by atoms with Gasteiger partial charge in [0.05, 0.1) is 0 Å². The van der Waals surface area contributed by atoms with Gasteiger partial charge in [-0.05, 0) is 5.92 Å². The normalized spacial score (nSPS) is 22.9. The predicted octanol–water partition coefficient (Wildman–Crippen LogP) is 2.98. The Morgan fingerprint density at radius 3 is 1.93 bits per heavy atom. The highest BCUT2D eigenvalue weighted by Gasteiger charge is 2.44. The quantitative estimate of drug-likeness (QED) is 0.635. The largest absolute Gasteiger partial charge is 0.463 e. The lowest BCUT2D eigenvalue weighted by Gasteiger charge is -2.41.